The van der Waals surface area contributed by atoms with E-state index in [2.05, 4.69) is 57.4 Å². The van der Waals surface area contributed by atoms with Gasteiger partial charge in [-0.05, 0) is 62.0 Å². The molecule has 5 heteroatoms. The van der Waals surface area contributed by atoms with Crippen LogP contribution >= 0.6 is 0 Å². The van der Waals surface area contributed by atoms with Crippen molar-refractivity contribution in [1.29, 1.82) is 0 Å². The summed E-state index contributed by atoms with van der Waals surface area (Å²) in [6.07, 6.45) is 0. The Balaban J connectivity index is 1.48. The van der Waals surface area contributed by atoms with Gasteiger partial charge >= 0.3 is 0 Å². The zero-order valence-electron chi connectivity index (χ0n) is 16.0. The Hall–Kier alpha value is -2.79. The molecule has 2 heterocycles. The largest absolute Gasteiger partial charge is 0.494 e. The van der Waals surface area contributed by atoms with Gasteiger partial charge in [0.2, 0.25) is 0 Å². The van der Waals surface area contributed by atoms with E-state index in [1.54, 1.807) is 0 Å². The van der Waals surface area contributed by atoms with Crippen molar-refractivity contribution in [2.75, 3.05) is 44.7 Å². The van der Waals surface area contributed by atoms with Crippen LogP contribution in [0.5, 0.6) is 5.75 Å². The number of H-pyrrole nitrogens is 1. The van der Waals surface area contributed by atoms with Crippen LogP contribution in [0.3, 0.4) is 0 Å². The quantitative estimate of drug-likeness (QED) is 0.748. The highest BCUT2D eigenvalue weighted by molar-refractivity contribution is 5.69. The first-order valence-electron chi connectivity index (χ1n) is 9.55. The van der Waals surface area contributed by atoms with Crippen molar-refractivity contribution >= 4 is 5.69 Å². The highest BCUT2D eigenvalue weighted by atomic mass is 16.5. The number of piperazine rings is 1. The summed E-state index contributed by atoms with van der Waals surface area (Å²) in [7, 11) is 2.18. The van der Waals surface area contributed by atoms with Crippen molar-refractivity contribution in [3.05, 3.63) is 54.6 Å². The topological polar surface area (TPSA) is 44.4 Å². The molecule has 0 saturated carbocycles. The maximum absolute atomic E-state index is 5.50. The lowest BCUT2D eigenvalue weighted by Crippen LogP contribution is -2.44. The Labute approximate surface area is 160 Å². The van der Waals surface area contributed by atoms with Crippen molar-refractivity contribution in [2.24, 2.45) is 0 Å². The first-order valence-corrected chi connectivity index (χ1v) is 9.55. The lowest BCUT2D eigenvalue weighted by atomic mass is 10.1. The third-order valence-electron chi connectivity index (χ3n) is 5.09. The van der Waals surface area contributed by atoms with Gasteiger partial charge in [0.1, 0.15) is 5.75 Å². The van der Waals surface area contributed by atoms with Crippen molar-refractivity contribution in [3.63, 3.8) is 0 Å². The SMILES string of the molecule is CCOc1ccc(-c2cc(-c3ccc(N4CCN(C)CC4)cc3)[nH]n2)cc1. The number of anilines is 1. The molecule has 1 aliphatic heterocycles. The van der Waals surface area contributed by atoms with Crippen molar-refractivity contribution in [3.8, 4) is 28.3 Å². The van der Waals surface area contributed by atoms with E-state index in [0.717, 1.165) is 54.4 Å². The van der Waals surface area contributed by atoms with Crippen LogP contribution in [0.15, 0.2) is 54.6 Å². The third-order valence-corrected chi connectivity index (χ3v) is 5.09. The number of ether oxygens (including phenoxy) is 1. The molecule has 0 bridgehead atoms. The van der Waals surface area contributed by atoms with Gasteiger partial charge in [-0.1, -0.05) is 12.1 Å². The average Bonchev–Trinajstić information content (AvgIpc) is 3.20. The molecule has 1 fully saturated rings. The monoisotopic (exact) mass is 362 g/mol. The smallest absolute Gasteiger partial charge is 0.119 e. The second-order valence-electron chi connectivity index (χ2n) is 6.96. The van der Waals surface area contributed by atoms with Gasteiger partial charge in [0.05, 0.1) is 18.0 Å². The molecule has 5 nitrogen and oxygen atoms in total. The number of nitrogens with one attached hydrogen (secondary N) is 1. The minimum Gasteiger partial charge on any atom is -0.494 e. The van der Waals surface area contributed by atoms with E-state index in [-0.39, 0.29) is 0 Å². The fraction of sp³-hybridized carbons (Fsp3) is 0.318. The number of aromatic nitrogens is 2. The molecule has 27 heavy (non-hydrogen) atoms. The van der Waals surface area contributed by atoms with Crippen LogP contribution in [0.25, 0.3) is 22.5 Å². The fourth-order valence-electron chi connectivity index (χ4n) is 3.42. The zero-order chi connectivity index (χ0) is 18.6. The highest BCUT2D eigenvalue weighted by Gasteiger charge is 2.14. The van der Waals surface area contributed by atoms with E-state index in [0.29, 0.717) is 6.61 Å². The second kappa shape index (κ2) is 7.84. The summed E-state index contributed by atoms with van der Waals surface area (Å²) in [5.74, 6) is 0.886. The minimum atomic E-state index is 0.677. The molecule has 1 aliphatic rings. The van der Waals surface area contributed by atoms with Gasteiger partial charge in [-0.2, -0.15) is 5.10 Å². The van der Waals surface area contributed by atoms with E-state index in [9.17, 15) is 0 Å². The summed E-state index contributed by atoms with van der Waals surface area (Å²) < 4.78 is 5.50. The average molecular weight is 362 g/mol. The van der Waals surface area contributed by atoms with E-state index in [4.69, 9.17) is 4.74 Å². The maximum atomic E-state index is 5.50. The van der Waals surface area contributed by atoms with E-state index in [1.165, 1.54) is 5.69 Å². The molecule has 1 N–H and O–H groups in total. The van der Waals surface area contributed by atoms with Crippen LogP contribution in [0.4, 0.5) is 5.69 Å². The van der Waals surface area contributed by atoms with Gasteiger partial charge in [0, 0.05) is 37.4 Å². The summed E-state index contributed by atoms with van der Waals surface area (Å²) in [5, 5.41) is 7.64. The Morgan fingerprint density at radius 1 is 0.926 bits per heavy atom. The van der Waals surface area contributed by atoms with Crippen molar-refractivity contribution in [2.45, 2.75) is 6.92 Å². The Morgan fingerprint density at radius 2 is 1.59 bits per heavy atom. The predicted octanol–water partition coefficient (Wildman–Crippen LogP) is 3.89. The first-order chi connectivity index (χ1) is 13.2. The molecule has 0 spiro atoms. The van der Waals surface area contributed by atoms with Gasteiger partial charge in [-0.3, -0.25) is 5.10 Å². The molecule has 0 amide bonds. The standard InChI is InChI=1S/C22H26N4O/c1-3-27-20-10-6-18(7-11-20)22-16-21(23-24-22)17-4-8-19(9-5-17)26-14-12-25(2)13-15-26/h4-11,16H,3,12-15H2,1-2H3,(H,23,24). The first kappa shape index (κ1) is 17.6. The lowest BCUT2D eigenvalue weighted by molar-refractivity contribution is 0.313. The number of benzene rings is 2. The van der Waals surface area contributed by atoms with Crippen molar-refractivity contribution in [1.82, 2.24) is 15.1 Å². The predicted molar refractivity (Wildman–Crippen MR) is 110 cm³/mol. The summed E-state index contributed by atoms with van der Waals surface area (Å²) in [6, 6.07) is 18.9. The van der Waals surface area contributed by atoms with Gasteiger partial charge in [0.15, 0.2) is 0 Å². The van der Waals surface area contributed by atoms with Gasteiger partial charge < -0.3 is 14.5 Å². The molecular weight excluding hydrogens is 336 g/mol. The summed E-state index contributed by atoms with van der Waals surface area (Å²) >= 11 is 0. The molecule has 0 radical (unpaired) electrons. The van der Waals surface area contributed by atoms with Crippen LogP contribution in [0.2, 0.25) is 0 Å². The molecule has 1 saturated heterocycles. The molecule has 4 rings (SSSR count). The fourth-order valence-corrected chi connectivity index (χ4v) is 3.42. The molecular formula is C22H26N4O. The number of rotatable bonds is 5. The van der Waals surface area contributed by atoms with E-state index >= 15 is 0 Å². The zero-order valence-corrected chi connectivity index (χ0v) is 16.0. The number of nitrogens with zero attached hydrogens (tertiary/aromatic N) is 3. The van der Waals surface area contributed by atoms with Crippen LogP contribution in [0, 0.1) is 0 Å². The number of hydrogen-bond acceptors (Lipinski definition) is 4. The maximum Gasteiger partial charge on any atom is 0.119 e. The Kier molecular flexibility index (Phi) is 5.12. The number of aromatic amines is 1. The highest BCUT2D eigenvalue weighted by Crippen LogP contribution is 2.27. The summed E-state index contributed by atoms with van der Waals surface area (Å²) in [4.78, 5) is 4.82. The molecule has 0 aliphatic carbocycles. The molecule has 1 aromatic heterocycles. The van der Waals surface area contributed by atoms with Crippen LogP contribution in [0.1, 0.15) is 6.92 Å². The summed E-state index contributed by atoms with van der Waals surface area (Å²) in [5.41, 5.74) is 5.49. The van der Waals surface area contributed by atoms with Gasteiger partial charge in [0.25, 0.3) is 0 Å². The third kappa shape index (κ3) is 3.98. The Bertz CT molecular complexity index is 862. The molecule has 2 aromatic carbocycles. The molecule has 0 atom stereocenters. The van der Waals surface area contributed by atoms with E-state index in [1.807, 2.05) is 31.2 Å². The van der Waals surface area contributed by atoms with Gasteiger partial charge in [-0.15, -0.1) is 0 Å². The molecule has 3 aromatic rings. The molecule has 140 valence electrons. The number of hydrogen-bond donors (Lipinski definition) is 1. The van der Waals surface area contributed by atoms with Gasteiger partial charge in [-0.25, -0.2) is 0 Å². The van der Waals surface area contributed by atoms with Crippen LogP contribution < -0.4 is 9.64 Å². The Morgan fingerprint density at radius 3 is 2.26 bits per heavy atom. The van der Waals surface area contributed by atoms with E-state index < -0.39 is 0 Å². The minimum absolute atomic E-state index is 0.677. The van der Waals surface area contributed by atoms with Crippen molar-refractivity contribution < 1.29 is 4.74 Å². The molecule has 0 unspecified atom stereocenters. The van der Waals surface area contributed by atoms with Crippen LogP contribution in [-0.4, -0.2) is 54.9 Å². The van der Waals surface area contributed by atoms with Crippen LogP contribution in [-0.2, 0) is 0 Å². The second-order valence-corrected chi connectivity index (χ2v) is 6.96. The lowest BCUT2D eigenvalue weighted by Gasteiger charge is -2.34. The number of likely N-dealkylation sites (N-methyl/N-ethyl adjacent to an activating group) is 1. The normalized spacial score (nSPS) is 15.1. The summed E-state index contributed by atoms with van der Waals surface area (Å²) in [6.45, 7) is 7.07.